The second-order valence-electron chi connectivity index (χ2n) is 4.87. The number of nitrogens with zero attached hydrogens (tertiary/aromatic N) is 2. The Morgan fingerprint density at radius 3 is 2.81 bits per heavy atom. The van der Waals surface area contributed by atoms with Crippen LogP contribution < -0.4 is 5.73 Å². The smallest absolute Gasteiger partial charge is 0.0676 e. The Balaban J connectivity index is 2.06. The van der Waals surface area contributed by atoms with Crippen LogP contribution in [0, 0.1) is 12.8 Å². The van der Waals surface area contributed by atoms with Crippen molar-refractivity contribution in [2.75, 3.05) is 0 Å². The number of hydrogen-bond donors (Lipinski definition) is 1. The molecule has 1 aliphatic carbocycles. The molecule has 88 valence electrons. The Hall–Kier alpha value is -0.960. The van der Waals surface area contributed by atoms with E-state index in [-0.39, 0.29) is 6.04 Å². The SMILES string of the molecule is CCc1nnc(C)cc1C(N)CCC1CC1. The minimum absolute atomic E-state index is 0.143. The van der Waals surface area contributed by atoms with Gasteiger partial charge in [0.2, 0.25) is 0 Å². The van der Waals surface area contributed by atoms with Crippen LogP contribution in [0.3, 0.4) is 0 Å². The van der Waals surface area contributed by atoms with Crippen molar-refractivity contribution in [3.05, 3.63) is 23.0 Å². The van der Waals surface area contributed by atoms with Crippen LogP contribution in [0.5, 0.6) is 0 Å². The lowest BCUT2D eigenvalue weighted by atomic mass is 9.99. The zero-order valence-corrected chi connectivity index (χ0v) is 10.2. The van der Waals surface area contributed by atoms with Gasteiger partial charge in [0.25, 0.3) is 0 Å². The molecule has 1 aliphatic rings. The largest absolute Gasteiger partial charge is 0.324 e. The predicted octanol–water partition coefficient (Wildman–Crippen LogP) is 2.54. The van der Waals surface area contributed by atoms with E-state index in [2.05, 4.69) is 23.2 Å². The molecule has 0 aliphatic heterocycles. The van der Waals surface area contributed by atoms with Crippen molar-refractivity contribution < 1.29 is 0 Å². The molecule has 3 nitrogen and oxygen atoms in total. The lowest BCUT2D eigenvalue weighted by molar-refractivity contribution is 0.567. The third kappa shape index (κ3) is 2.79. The van der Waals surface area contributed by atoms with Crippen LogP contribution in [0.1, 0.15) is 55.6 Å². The molecular formula is C13H21N3. The van der Waals surface area contributed by atoms with Crippen molar-refractivity contribution in [2.24, 2.45) is 11.7 Å². The number of aryl methyl sites for hydroxylation is 2. The lowest BCUT2D eigenvalue weighted by Gasteiger charge is -2.15. The van der Waals surface area contributed by atoms with Gasteiger partial charge in [-0.15, -0.1) is 0 Å². The maximum Gasteiger partial charge on any atom is 0.0676 e. The second-order valence-corrected chi connectivity index (χ2v) is 4.87. The zero-order chi connectivity index (χ0) is 11.5. The van der Waals surface area contributed by atoms with Gasteiger partial charge in [-0.1, -0.05) is 19.8 Å². The van der Waals surface area contributed by atoms with Crippen LogP contribution in [-0.4, -0.2) is 10.2 Å². The van der Waals surface area contributed by atoms with E-state index in [1.165, 1.54) is 24.8 Å². The van der Waals surface area contributed by atoms with E-state index in [1.54, 1.807) is 0 Å². The van der Waals surface area contributed by atoms with Crippen molar-refractivity contribution in [1.29, 1.82) is 0 Å². The molecule has 1 saturated carbocycles. The summed E-state index contributed by atoms with van der Waals surface area (Å²) in [7, 11) is 0. The molecule has 0 saturated heterocycles. The molecule has 0 bridgehead atoms. The third-order valence-corrected chi connectivity index (χ3v) is 3.34. The summed E-state index contributed by atoms with van der Waals surface area (Å²) in [5.74, 6) is 0.951. The fourth-order valence-electron chi connectivity index (χ4n) is 2.11. The highest BCUT2D eigenvalue weighted by atomic mass is 15.1. The van der Waals surface area contributed by atoms with Gasteiger partial charge in [0.1, 0.15) is 0 Å². The fraction of sp³-hybridized carbons (Fsp3) is 0.692. The molecule has 0 spiro atoms. The summed E-state index contributed by atoms with van der Waals surface area (Å²) in [6.45, 7) is 4.08. The first-order valence-electron chi connectivity index (χ1n) is 6.29. The van der Waals surface area contributed by atoms with E-state index in [4.69, 9.17) is 5.73 Å². The van der Waals surface area contributed by atoms with Gasteiger partial charge in [-0.2, -0.15) is 10.2 Å². The highest BCUT2D eigenvalue weighted by Gasteiger charge is 2.22. The first kappa shape index (κ1) is 11.5. The molecule has 2 N–H and O–H groups in total. The Bertz CT molecular complexity index is 358. The summed E-state index contributed by atoms with van der Waals surface area (Å²) >= 11 is 0. The van der Waals surface area contributed by atoms with Gasteiger partial charge >= 0.3 is 0 Å². The van der Waals surface area contributed by atoms with Crippen molar-refractivity contribution in [3.63, 3.8) is 0 Å². The molecule has 0 aromatic carbocycles. The van der Waals surface area contributed by atoms with Gasteiger partial charge in [-0.3, -0.25) is 0 Å². The molecule has 1 aromatic rings. The van der Waals surface area contributed by atoms with Crippen LogP contribution in [0.4, 0.5) is 0 Å². The molecule has 1 atom stereocenters. The van der Waals surface area contributed by atoms with Crippen LogP contribution in [-0.2, 0) is 6.42 Å². The maximum atomic E-state index is 6.25. The quantitative estimate of drug-likeness (QED) is 0.828. The molecule has 1 aromatic heterocycles. The third-order valence-electron chi connectivity index (χ3n) is 3.34. The molecule has 0 amide bonds. The van der Waals surface area contributed by atoms with Crippen LogP contribution >= 0.6 is 0 Å². The van der Waals surface area contributed by atoms with Gasteiger partial charge < -0.3 is 5.73 Å². The number of aromatic nitrogens is 2. The Morgan fingerprint density at radius 2 is 2.19 bits per heavy atom. The molecule has 16 heavy (non-hydrogen) atoms. The summed E-state index contributed by atoms with van der Waals surface area (Å²) in [4.78, 5) is 0. The van der Waals surface area contributed by atoms with Crippen LogP contribution in [0.2, 0.25) is 0 Å². The molecule has 1 heterocycles. The summed E-state index contributed by atoms with van der Waals surface area (Å²) in [6, 6.07) is 2.24. The van der Waals surface area contributed by atoms with Crippen molar-refractivity contribution in [2.45, 2.75) is 52.0 Å². The highest BCUT2D eigenvalue weighted by Crippen LogP contribution is 2.35. The molecular weight excluding hydrogens is 198 g/mol. The summed E-state index contributed by atoms with van der Waals surface area (Å²) in [5, 5.41) is 8.33. The van der Waals surface area contributed by atoms with Crippen LogP contribution in [0.15, 0.2) is 6.07 Å². The first-order valence-corrected chi connectivity index (χ1v) is 6.29. The number of rotatable bonds is 5. The molecule has 0 radical (unpaired) electrons. The minimum atomic E-state index is 0.143. The van der Waals surface area contributed by atoms with Gasteiger partial charge in [-0.25, -0.2) is 0 Å². The van der Waals surface area contributed by atoms with Gasteiger partial charge in [-0.05, 0) is 43.7 Å². The van der Waals surface area contributed by atoms with Gasteiger partial charge in [0.15, 0.2) is 0 Å². The van der Waals surface area contributed by atoms with Crippen LogP contribution in [0.25, 0.3) is 0 Å². The minimum Gasteiger partial charge on any atom is -0.324 e. The van der Waals surface area contributed by atoms with Crippen molar-refractivity contribution >= 4 is 0 Å². The normalized spacial score (nSPS) is 17.4. The number of hydrogen-bond acceptors (Lipinski definition) is 3. The fourth-order valence-corrected chi connectivity index (χ4v) is 2.11. The van der Waals surface area contributed by atoms with Crippen molar-refractivity contribution in [3.8, 4) is 0 Å². The molecule has 1 fully saturated rings. The maximum absolute atomic E-state index is 6.25. The number of nitrogens with two attached hydrogens (primary N) is 1. The monoisotopic (exact) mass is 219 g/mol. The van der Waals surface area contributed by atoms with Gasteiger partial charge in [0.05, 0.1) is 11.4 Å². The van der Waals surface area contributed by atoms with E-state index in [0.717, 1.165) is 30.1 Å². The summed E-state index contributed by atoms with van der Waals surface area (Å²) in [6.07, 6.45) is 6.08. The Morgan fingerprint density at radius 1 is 1.44 bits per heavy atom. The van der Waals surface area contributed by atoms with E-state index in [1.807, 2.05) is 6.92 Å². The molecule has 1 unspecified atom stereocenters. The molecule has 3 heteroatoms. The average molecular weight is 219 g/mol. The first-order chi connectivity index (χ1) is 7.70. The standard InChI is InChI=1S/C13H21N3/c1-3-13-11(8-9(2)15-16-13)12(14)7-6-10-4-5-10/h8,10,12H,3-7,14H2,1-2H3. The van der Waals surface area contributed by atoms with E-state index >= 15 is 0 Å². The second kappa shape index (κ2) is 4.91. The van der Waals surface area contributed by atoms with E-state index in [0.29, 0.717) is 0 Å². The Labute approximate surface area is 97.5 Å². The van der Waals surface area contributed by atoms with Gasteiger partial charge in [0, 0.05) is 6.04 Å². The van der Waals surface area contributed by atoms with E-state index < -0.39 is 0 Å². The average Bonchev–Trinajstić information content (AvgIpc) is 3.09. The molecule has 2 rings (SSSR count). The van der Waals surface area contributed by atoms with Crippen molar-refractivity contribution in [1.82, 2.24) is 10.2 Å². The lowest BCUT2D eigenvalue weighted by Crippen LogP contribution is -2.15. The Kier molecular flexibility index (Phi) is 3.54. The topological polar surface area (TPSA) is 51.8 Å². The summed E-state index contributed by atoms with van der Waals surface area (Å²) in [5.41, 5.74) is 9.48. The zero-order valence-electron chi connectivity index (χ0n) is 10.2. The van der Waals surface area contributed by atoms with E-state index in [9.17, 15) is 0 Å². The predicted molar refractivity (Wildman–Crippen MR) is 65.0 cm³/mol. The summed E-state index contributed by atoms with van der Waals surface area (Å²) < 4.78 is 0. The highest BCUT2D eigenvalue weighted by molar-refractivity contribution is 5.24.